The van der Waals surface area contributed by atoms with Crippen LogP contribution in [0.5, 0.6) is 0 Å². The Hall–Kier alpha value is -0.940. The van der Waals surface area contributed by atoms with Crippen molar-refractivity contribution in [2.24, 2.45) is 0 Å². The minimum absolute atomic E-state index is 0.359. The van der Waals surface area contributed by atoms with E-state index >= 15 is 0 Å². The molecule has 1 unspecified atom stereocenters. The van der Waals surface area contributed by atoms with Crippen LogP contribution in [0.15, 0.2) is 60.7 Å². The van der Waals surface area contributed by atoms with Crippen molar-refractivity contribution >= 4 is 17.2 Å². The number of rotatable bonds is 9. The van der Waals surface area contributed by atoms with Gasteiger partial charge in [-0.3, -0.25) is 0 Å². The van der Waals surface area contributed by atoms with Crippen LogP contribution >= 0.6 is 17.2 Å². The summed E-state index contributed by atoms with van der Waals surface area (Å²) < 4.78 is 19.5. The zero-order valence-corrected chi connectivity index (χ0v) is 16.1. The molecule has 0 saturated heterocycles. The first-order chi connectivity index (χ1) is 12.2. The van der Waals surface area contributed by atoms with Crippen LogP contribution in [-0.2, 0) is 31.3 Å². The van der Waals surface area contributed by atoms with E-state index in [9.17, 15) is 4.89 Å². The molecule has 8 heteroatoms. The molecule has 0 radical (unpaired) electrons. The van der Waals surface area contributed by atoms with Crippen molar-refractivity contribution in [3.05, 3.63) is 71.8 Å². The molecule has 0 aliphatic heterocycles. The fourth-order valence-electron chi connectivity index (χ4n) is 1.61. The lowest BCUT2D eigenvalue weighted by Crippen LogP contribution is -1.92. The standard InChI is InChI=1S/C14H15O3P.C3H9O3P/c15-18(16-11-13-7-3-1-4-8-13)17-12-14-9-5-2-6-10-14;1-3-6-7(4)5-2/h1-10,15H,11-12H2;4H,3H2,1-2H3. The molecule has 0 saturated carbocycles. The minimum Gasteiger partial charge on any atom is -0.328 e. The van der Waals surface area contributed by atoms with Crippen molar-refractivity contribution in [3.8, 4) is 0 Å². The predicted octanol–water partition coefficient (Wildman–Crippen LogP) is 4.53. The first-order valence-corrected chi connectivity index (χ1v) is 9.90. The molecule has 0 spiro atoms. The largest absolute Gasteiger partial charge is 0.330 e. The molecule has 2 aromatic rings. The van der Waals surface area contributed by atoms with Gasteiger partial charge >= 0.3 is 17.2 Å². The van der Waals surface area contributed by atoms with E-state index in [2.05, 4.69) is 9.05 Å². The number of hydrogen-bond acceptors (Lipinski definition) is 6. The fraction of sp³-hybridized carbons (Fsp3) is 0.294. The molecule has 0 amide bonds. The minimum atomic E-state index is -1.83. The maximum absolute atomic E-state index is 9.59. The van der Waals surface area contributed by atoms with Crippen molar-refractivity contribution in [2.45, 2.75) is 20.1 Å². The Labute approximate surface area is 151 Å². The molecule has 25 heavy (non-hydrogen) atoms. The van der Waals surface area contributed by atoms with Crippen LogP contribution in [0, 0.1) is 0 Å². The third-order valence-electron chi connectivity index (χ3n) is 2.76. The predicted molar refractivity (Wildman–Crippen MR) is 99.4 cm³/mol. The number of hydrogen-bond donors (Lipinski definition) is 2. The Kier molecular flexibility index (Phi) is 12.6. The lowest BCUT2D eigenvalue weighted by molar-refractivity contribution is 0.187. The topological polar surface area (TPSA) is 77.4 Å². The van der Waals surface area contributed by atoms with Crippen molar-refractivity contribution in [1.29, 1.82) is 0 Å². The Balaban J connectivity index is 0.000000381. The zero-order chi connectivity index (χ0) is 18.3. The summed E-state index contributed by atoms with van der Waals surface area (Å²) in [4.78, 5) is 18.1. The third kappa shape index (κ3) is 11.3. The normalized spacial score (nSPS) is 11.7. The van der Waals surface area contributed by atoms with Crippen LogP contribution in [0.25, 0.3) is 0 Å². The van der Waals surface area contributed by atoms with Gasteiger partial charge in [0.05, 0.1) is 19.8 Å². The lowest BCUT2D eigenvalue weighted by Gasteiger charge is -2.10. The SMILES string of the molecule is CCOP(O)OC.OP(OCc1ccccc1)OCc1ccccc1. The van der Waals surface area contributed by atoms with E-state index in [4.69, 9.17) is 13.9 Å². The second kappa shape index (κ2) is 14.3. The molecular formula is C17H24O6P2. The van der Waals surface area contributed by atoms with Gasteiger partial charge in [-0.2, -0.15) is 0 Å². The summed E-state index contributed by atoms with van der Waals surface area (Å²) in [5.41, 5.74) is 2.03. The van der Waals surface area contributed by atoms with Crippen molar-refractivity contribution in [1.82, 2.24) is 0 Å². The first-order valence-electron chi connectivity index (χ1n) is 7.64. The summed E-state index contributed by atoms with van der Waals surface area (Å²) in [5.74, 6) is 0. The van der Waals surface area contributed by atoms with Gasteiger partial charge < -0.3 is 27.9 Å². The Morgan fingerprint density at radius 2 is 1.16 bits per heavy atom. The fourth-order valence-corrected chi connectivity index (χ4v) is 2.53. The van der Waals surface area contributed by atoms with Crippen LogP contribution in [-0.4, -0.2) is 23.5 Å². The second-order valence-electron chi connectivity index (χ2n) is 4.59. The molecule has 0 fully saturated rings. The zero-order valence-electron chi connectivity index (χ0n) is 14.3. The summed E-state index contributed by atoms with van der Waals surface area (Å²) in [5, 5.41) is 0. The van der Waals surface area contributed by atoms with E-state index < -0.39 is 17.2 Å². The molecule has 6 nitrogen and oxygen atoms in total. The molecule has 1 atom stereocenters. The van der Waals surface area contributed by atoms with E-state index in [0.29, 0.717) is 19.8 Å². The summed E-state index contributed by atoms with van der Waals surface area (Å²) in [6.45, 7) is 3.01. The van der Waals surface area contributed by atoms with Crippen LogP contribution in [0.2, 0.25) is 0 Å². The molecule has 0 aliphatic carbocycles. The maximum Gasteiger partial charge on any atom is 0.330 e. The van der Waals surface area contributed by atoms with Gasteiger partial charge in [0, 0.05) is 7.11 Å². The quantitative estimate of drug-likeness (QED) is 0.617. The molecule has 0 bridgehead atoms. The molecular weight excluding hydrogens is 362 g/mol. The smallest absolute Gasteiger partial charge is 0.328 e. The van der Waals surface area contributed by atoms with Crippen molar-refractivity contribution in [3.63, 3.8) is 0 Å². The lowest BCUT2D eigenvalue weighted by atomic mass is 10.2. The highest BCUT2D eigenvalue weighted by molar-refractivity contribution is 7.40. The number of benzene rings is 2. The van der Waals surface area contributed by atoms with Gasteiger partial charge in [-0.15, -0.1) is 0 Å². The van der Waals surface area contributed by atoms with Crippen LogP contribution in [0.1, 0.15) is 18.1 Å². The highest BCUT2D eigenvalue weighted by Gasteiger charge is 2.07. The average Bonchev–Trinajstić information content (AvgIpc) is 2.67. The summed E-state index contributed by atoms with van der Waals surface area (Å²) >= 11 is 0. The molecule has 2 N–H and O–H groups in total. The highest BCUT2D eigenvalue weighted by atomic mass is 31.2. The van der Waals surface area contributed by atoms with E-state index in [1.807, 2.05) is 60.7 Å². The van der Waals surface area contributed by atoms with Gasteiger partial charge in [0.1, 0.15) is 0 Å². The molecule has 0 aliphatic rings. The van der Waals surface area contributed by atoms with Gasteiger partial charge in [0.15, 0.2) is 0 Å². The monoisotopic (exact) mass is 386 g/mol. The van der Waals surface area contributed by atoms with Gasteiger partial charge in [-0.25, -0.2) is 0 Å². The summed E-state index contributed by atoms with van der Waals surface area (Å²) in [6.07, 6.45) is 0. The summed E-state index contributed by atoms with van der Waals surface area (Å²) in [6, 6.07) is 19.4. The van der Waals surface area contributed by atoms with Gasteiger partial charge in [0.25, 0.3) is 0 Å². The molecule has 138 valence electrons. The maximum atomic E-state index is 9.59. The van der Waals surface area contributed by atoms with E-state index in [0.717, 1.165) is 11.1 Å². The van der Waals surface area contributed by atoms with Gasteiger partial charge in [-0.1, -0.05) is 60.7 Å². The molecule has 2 rings (SSSR count). The van der Waals surface area contributed by atoms with Crippen molar-refractivity contribution in [2.75, 3.05) is 13.7 Å². The Morgan fingerprint density at radius 1 is 0.720 bits per heavy atom. The first kappa shape index (κ1) is 22.1. The summed E-state index contributed by atoms with van der Waals surface area (Å²) in [7, 11) is -2.00. The average molecular weight is 386 g/mol. The van der Waals surface area contributed by atoms with E-state index in [1.165, 1.54) is 7.11 Å². The van der Waals surface area contributed by atoms with Gasteiger partial charge in [-0.05, 0) is 18.1 Å². The van der Waals surface area contributed by atoms with Crippen LogP contribution in [0.4, 0.5) is 0 Å². The Bertz CT molecular complexity index is 500. The second-order valence-corrected chi connectivity index (χ2v) is 6.69. The Morgan fingerprint density at radius 3 is 1.48 bits per heavy atom. The van der Waals surface area contributed by atoms with Crippen LogP contribution < -0.4 is 0 Å². The molecule has 2 aromatic carbocycles. The van der Waals surface area contributed by atoms with Crippen molar-refractivity contribution < 1.29 is 27.9 Å². The molecule has 0 aromatic heterocycles. The van der Waals surface area contributed by atoms with Crippen LogP contribution in [0.3, 0.4) is 0 Å². The third-order valence-corrected chi connectivity index (χ3v) is 4.26. The highest BCUT2D eigenvalue weighted by Crippen LogP contribution is 2.35. The molecule has 0 heterocycles. The van der Waals surface area contributed by atoms with E-state index in [-0.39, 0.29) is 0 Å². The van der Waals surface area contributed by atoms with E-state index in [1.54, 1.807) is 6.92 Å². The van der Waals surface area contributed by atoms with Gasteiger partial charge in [0.2, 0.25) is 0 Å².